The van der Waals surface area contributed by atoms with E-state index >= 15 is 4.39 Å². The van der Waals surface area contributed by atoms with E-state index in [2.05, 4.69) is 6.58 Å². The van der Waals surface area contributed by atoms with Gasteiger partial charge in [-0.05, 0) is 73.5 Å². The zero-order valence-electron chi connectivity index (χ0n) is 17.7. The SMILES string of the molecule is C=C(C)C(F)(C1CC2CC(c3ccc(SC)cc3)C1C2)C(C(F)(F)F)(C(F)(F)F)S(=O)(=O)O. The fraction of sp³-hybridized carbons (Fsp3) is 0.619. The Labute approximate surface area is 191 Å². The van der Waals surface area contributed by atoms with Crippen molar-refractivity contribution < 1.29 is 43.7 Å². The van der Waals surface area contributed by atoms with Gasteiger partial charge in [-0.1, -0.05) is 18.7 Å². The number of fused-ring (bicyclic) bond motifs is 2. The molecule has 2 aliphatic rings. The molecule has 2 saturated carbocycles. The van der Waals surface area contributed by atoms with Crippen molar-refractivity contribution >= 4 is 21.9 Å². The van der Waals surface area contributed by atoms with Gasteiger partial charge in [-0.2, -0.15) is 34.8 Å². The molecule has 0 saturated heterocycles. The molecule has 3 nitrogen and oxygen atoms in total. The molecular weight excluding hydrogens is 497 g/mol. The molecule has 0 spiro atoms. The predicted molar refractivity (Wildman–Crippen MR) is 110 cm³/mol. The number of rotatable bonds is 6. The van der Waals surface area contributed by atoms with Crippen molar-refractivity contribution in [2.24, 2.45) is 17.8 Å². The highest BCUT2D eigenvalue weighted by atomic mass is 32.2. The Balaban J connectivity index is 2.22. The van der Waals surface area contributed by atoms with Gasteiger partial charge in [0.2, 0.25) is 0 Å². The normalized spacial score (nSPS) is 28.1. The maximum Gasteiger partial charge on any atom is 0.423 e. The van der Waals surface area contributed by atoms with Crippen molar-refractivity contribution in [1.29, 1.82) is 0 Å². The lowest BCUT2D eigenvalue weighted by atomic mass is 9.63. The quantitative estimate of drug-likeness (QED) is 0.199. The zero-order valence-corrected chi connectivity index (χ0v) is 19.3. The number of benzene rings is 1. The van der Waals surface area contributed by atoms with Gasteiger partial charge in [0.25, 0.3) is 10.1 Å². The van der Waals surface area contributed by atoms with E-state index in [9.17, 15) is 39.3 Å². The van der Waals surface area contributed by atoms with Crippen LogP contribution in [0.3, 0.4) is 0 Å². The average molecular weight is 521 g/mol. The molecule has 2 aliphatic carbocycles. The first-order chi connectivity index (χ1) is 14.9. The Morgan fingerprint density at radius 3 is 1.88 bits per heavy atom. The topological polar surface area (TPSA) is 54.4 Å². The number of allylic oxidation sites excluding steroid dienone is 1. The molecule has 33 heavy (non-hydrogen) atoms. The Hall–Kier alpha value is -1.27. The van der Waals surface area contributed by atoms with Crippen LogP contribution in [0.4, 0.5) is 30.7 Å². The summed E-state index contributed by atoms with van der Waals surface area (Å²) in [5, 5.41) is 0. The molecular formula is C21H23F7O3S2. The minimum atomic E-state index is -7.08. The fourth-order valence-electron chi connectivity index (χ4n) is 5.97. The van der Waals surface area contributed by atoms with Crippen LogP contribution in [0.5, 0.6) is 0 Å². The number of halogens is 7. The molecule has 0 heterocycles. The van der Waals surface area contributed by atoms with E-state index < -0.39 is 56.2 Å². The summed E-state index contributed by atoms with van der Waals surface area (Å²) in [4.78, 5) is 0.889. The maximum atomic E-state index is 16.6. The fourth-order valence-corrected chi connectivity index (χ4v) is 7.67. The molecule has 2 fully saturated rings. The van der Waals surface area contributed by atoms with Gasteiger partial charge in [-0.3, -0.25) is 4.55 Å². The lowest BCUT2D eigenvalue weighted by Gasteiger charge is -2.50. The Morgan fingerprint density at radius 1 is 1.00 bits per heavy atom. The predicted octanol–water partition coefficient (Wildman–Crippen LogP) is 6.57. The standard InChI is InChI=1S/C21H23F7O3S2/c1-11(2)18(22,19(20(23,24)25,21(26,27)28)33(29,30)31)17-10-12-8-15(16(17)9-12)13-4-6-14(32-3)7-5-13/h4-7,12,15-17H,1,8-10H2,2-3H3,(H,29,30,31). The van der Waals surface area contributed by atoms with Gasteiger partial charge >= 0.3 is 17.1 Å². The largest absolute Gasteiger partial charge is 0.423 e. The third kappa shape index (κ3) is 3.71. The summed E-state index contributed by atoms with van der Waals surface area (Å²) < 4.78 is 128. The summed E-state index contributed by atoms with van der Waals surface area (Å²) in [6, 6.07) is 6.88. The van der Waals surface area contributed by atoms with E-state index in [0.717, 1.165) is 4.90 Å². The first kappa shape index (κ1) is 26.3. The monoisotopic (exact) mass is 520 g/mol. The van der Waals surface area contributed by atoms with E-state index in [1.165, 1.54) is 11.8 Å². The van der Waals surface area contributed by atoms with E-state index in [1.54, 1.807) is 24.3 Å². The second kappa shape index (κ2) is 8.15. The highest BCUT2D eigenvalue weighted by Crippen LogP contribution is 2.67. The third-order valence-corrected chi connectivity index (χ3v) is 9.46. The first-order valence-corrected chi connectivity index (χ1v) is 12.7. The van der Waals surface area contributed by atoms with Crippen LogP contribution in [-0.4, -0.2) is 42.0 Å². The van der Waals surface area contributed by atoms with Gasteiger partial charge in [0.05, 0.1) is 0 Å². The van der Waals surface area contributed by atoms with Crippen LogP contribution in [0, 0.1) is 17.8 Å². The molecule has 2 bridgehead atoms. The van der Waals surface area contributed by atoms with Crippen molar-refractivity contribution in [2.45, 2.75) is 59.8 Å². The molecule has 1 aromatic carbocycles. The summed E-state index contributed by atoms with van der Waals surface area (Å²) in [7, 11) is -7.08. The Bertz CT molecular complexity index is 1000. The summed E-state index contributed by atoms with van der Waals surface area (Å²) >= 11 is 1.44. The van der Waals surface area contributed by atoms with Crippen molar-refractivity contribution in [3.05, 3.63) is 42.0 Å². The van der Waals surface area contributed by atoms with E-state index in [0.29, 0.717) is 18.9 Å². The molecule has 0 amide bonds. The van der Waals surface area contributed by atoms with Gasteiger partial charge in [0.15, 0.2) is 5.67 Å². The summed E-state index contributed by atoms with van der Waals surface area (Å²) in [6.07, 6.45) is -11.4. The lowest BCUT2D eigenvalue weighted by molar-refractivity contribution is -0.302. The summed E-state index contributed by atoms with van der Waals surface area (Å²) in [5.74, 6) is -3.91. The van der Waals surface area contributed by atoms with E-state index in [4.69, 9.17) is 0 Å². The van der Waals surface area contributed by atoms with Gasteiger partial charge in [-0.15, -0.1) is 11.8 Å². The minimum Gasteiger partial charge on any atom is -0.284 e. The van der Waals surface area contributed by atoms with Gasteiger partial charge in [0.1, 0.15) is 0 Å². The Kier molecular flexibility index (Phi) is 6.50. The van der Waals surface area contributed by atoms with Crippen LogP contribution in [-0.2, 0) is 10.1 Å². The van der Waals surface area contributed by atoms with Crippen LogP contribution >= 0.6 is 11.8 Å². The van der Waals surface area contributed by atoms with E-state index in [-0.39, 0.29) is 18.8 Å². The lowest BCUT2D eigenvalue weighted by Crippen LogP contribution is -2.75. The molecule has 5 unspecified atom stereocenters. The number of hydrogen-bond donors (Lipinski definition) is 1. The van der Waals surface area contributed by atoms with Crippen molar-refractivity contribution in [3.63, 3.8) is 0 Å². The molecule has 0 aromatic heterocycles. The molecule has 186 valence electrons. The van der Waals surface area contributed by atoms with E-state index in [1.807, 2.05) is 6.26 Å². The number of alkyl halides is 7. The Morgan fingerprint density at radius 2 is 1.52 bits per heavy atom. The second-order valence-electron chi connectivity index (χ2n) is 8.87. The smallest absolute Gasteiger partial charge is 0.284 e. The van der Waals surface area contributed by atoms with Crippen molar-refractivity contribution in [3.8, 4) is 0 Å². The molecule has 0 radical (unpaired) electrons. The highest BCUT2D eigenvalue weighted by molar-refractivity contribution is 7.98. The molecule has 1 aromatic rings. The average Bonchev–Trinajstić information content (AvgIpc) is 3.25. The molecule has 3 rings (SSSR count). The van der Waals surface area contributed by atoms with Gasteiger partial charge in [-0.25, -0.2) is 4.39 Å². The number of hydrogen-bond acceptors (Lipinski definition) is 3. The third-order valence-electron chi connectivity index (χ3n) is 7.19. The van der Waals surface area contributed by atoms with Crippen LogP contribution in [0.2, 0.25) is 0 Å². The molecule has 12 heteroatoms. The molecule has 0 aliphatic heterocycles. The maximum absolute atomic E-state index is 16.6. The molecule has 1 N–H and O–H groups in total. The summed E-state index contributed by atoms with van der Waals surface area (Å²) in [5.41, 5.74) is -5.15. The van der Waals surface area contributed by atoms with Crippen molar-refractivity contribution in [1.82, 2.24) is 0 Å². The highest BCUT2D eigenvalue weighted by Gasteiger charge is 2.90. The number of thioether (sulfide) groups is 1. The van der Waals surface area contributed by atoms with Crippen molar-refractivity contribution in [2.75, 3.05) is 6.26 Å². The minimum absolute atomic E-state index is 0.149. The first-order valence-electron chi connectivity index (χ1n) is 10.0. The van der Waals surface area contributed by atoms with Gasteiger partial charge < -0.3 is 0 Å². The van der Waals surface area contributed by atoms with Gasteiger partial charge in [0, 0.05) is 10.8 Å². The van der Waals surface area contributed by atoms with Crippen LogP contribution < -0.4 is 0 Å². The van der Waals surface area contributed by atoms with Crippen LogP contribution in [0.1, 0.15) is 37.7 Å². The molecule has 5 atom stereocenters. The second-order valence-corrected chi connectivity index (χ2v) is 11.3. The summed E-state index contributed by atoms with van der Waals surface area (Å²) in [6.45, 7) is 3.63. The zero-order chi connectivity index (χ0) is 25.2. The van der Waals surface area contributed by atoms with Crippen LogP contribution in [0.25, 0.3) is 0 Å². The van der Waals surface area contributed by atoms with Crippen LogP contribution in [0.15, 0.2) is 41.3 Å².